The number of aromatic amines is 1. The number of hydrogen-bond donors (Lipinski definition) is 3. The van der Waals surface area contributed by atoms with Crippen LogP contribution in [0.5, 0.6) is 0 Å². The van der Waals surface area contributed by atoms with E-state index >= 15 is 0 Å². The lowest BCUT2D eigenvalue weighted by Gasteiger charge is -2.24. The van der Waals surface area contributed by atoms with Gasteiger partial charge in [0.2, 0.25) is 5.91 Å². The molecule has 0 unspecified atom stereocenters. The van der Waals surface area contributed by atoms with Gasteiger partial charge in [0.25, 0.3) is 0 Å². The Hall–Kier alpha value is -2.91. The van der Waals surface area contributed by atoms with E-state index in [0.717, 1.165) is 34.8 Å². The average Bonchev–Trinajstić information content (AvgIpc) is 3.52. The van der Waals surface area contributed by atoms with Gasteiger partial charge in [-0.1, -0.05) is 13.8 Å². The molecule has 1 saturated carbocycles. The highest BCUT2D eigenvalue weighted by Crippen LogP contribution is 2.32. The molecular weight excluding hydrogens is 424 g/mol. The number of aryl methyl sites for hydroxylation is 1. The summed E-state index contributed by atoms with van der Waals surface area (Å²) in [7, 11) is 1.69. The van der Waals surface area contributed by atoms with E-state index in [-0.39, 0.29) is 17.2 Å². The minimum Gasteiger partial charge on any atom is -0.384 e. The van der Waals surface area contributed by atoms with Gasteiger partial charge in [-0.2, -0.15) is 5.10 Å². The lowest BCUT2D eigenvalue weighted by molar-refractivity contribution is -0.117. The Bertz CT molecular complexity index is 1090. The van der Waals surface area contributed by atoms with E-state index in [1.54, 1.807) is 7.11 Å². The van der Waals surface area contributed by atoms with Gasteiger partial charge in [-0.3, -0.25) is 9.89 Å². The first-order chi connectivity index (χ1) is 15.3. The van der Waals surface area contributed by atoms with Crippen LogP contribution in [0.4, 0.5) is 17.3 Å². The zero-order valence-electron chi connectivity index (χ0n) is 18.7. The van der Waals surface area contributed by atoms with Crippen LogP contribution in [0.2, 0.25) is 0 Å². The number of carbonyl (C=O) groups excluding carboxylic acids is 1. The van der Waals surface area contributed by atoms with Gasteiger partial charge in [-0.25, -0.2) is 9.97 Å². The van der Waals surface area contributed by atoms with Gasteiger partial charge >= 0.3 is 0 Å². The predicted octanol–water partition coefficient (Wildman–Crippen LogP) is 4.68. The van der Waals surface area contributed by atoms with E-state index < -0.39 is 0 Å². The molecule has 3 aromatic rings. The van der Waals surface area contributed by atoms with Crippen LogP contribution in [0.15, 0.2) is 46.5 Å². The highest BCUT2D eigenvalue weighted by Gasteiger charge is 2.29. The van der Waals surface area contributed by atoms with Crippen LogP contribution in [0.3, 0.4) is 0 Å². The number of nitrogens with one attached hydrogen (secondary N) is 3. The number of rotatable bonds is 9. The van der Waals surface area contributed by atoms with Gasteiger partial charge in [-0.05, 0) is 55.8 Å². The maximum atomic E-state index is 12.0. The third kappa shape index (κ3) is 5.66. The first-order valence-corrected chi connectivity index (χ1v) is 11.4. The van der Waals surface area contributed by atoms with Crippen molar-refractivity contribution in [3.05, 3.63) is 47.8 Å². The molecule has 1 aliphatic rings. The van der Waals surface area contributed by atoms with Crippen molar-refractivity contribution in [1.82, 2.24) is 20.2 Å². The van der Waals surface area contributed by atoms with Crippen LogP contribution in [0.25, 0.3) is 0 Å². The number of nitrogens with zero attached hydrogens (tertiary/aromatic N) is 3. The fourth-order valence-corrected chi connectivity index (χ4v) is 4.00. The predicted molar refractivity (Wildman–Crippen MR) is 125 cm³/mol. The molecular formula is C23H28N6O2S. The minimum atomic E-state index is -0.290. The minimum absolute atomic E-state index is 0.103. The molecule has 0 atom stereocenters. The molecule has 4 rings (SSSR count). The van der Waals surface area contributed by atoms with Gasteiger partial charge < -0.3 is 15.4 Å². The molecule has 8 nitrogen and oxygen atoms in total. The van der Waals surface area contributed by atoms with Crippen molar-refractivity contribution in [2.75, 3.05) is 24.4 Å². The monoisotopic (exact) mass is 452 g/mol. The zero-order chi connectivity index (χ0) is 22.7. The summed E-state index contributed by atoms with van der Waals surface area (Å²) in [5.41, 5.74) is 2.35. The molecule has 1 aliphatic carbocycles. The van der Waals surface area contributed by atoms with Gasteiger partial charge in [0.15, 0.2) is 11.0 Å². The van der Waals surface area contributed by atoms with E-state index in [0.29, 0.717) is 23.4 Å². The summed E-state index contributed by atoms with van der Waals surface area (Å²) in [5.74, 6) is 1.65. The summed E-state index contributed by atoms with van der Waals surface area (Å²) in [6.45, 7) is 6.66. The standard InChI is InChI=1S/C23H28N6O2S/c1-14-11-20(29-28-14)26-19-12-18(23(2,3)13-31-4)25-22(27-19)32-17-9-7-16(8-10-17)24-21(30)15-5-6-15/h7-12,15H,5-6,13H2,1-4H3,(H,24,30)(H2,25,26,27,28,29). The smallest absolute Gasteiger partial charge is 0.227 e. The molecule has 0 aliphatic heterocycles. The van der Waals surface area contributed by atoms with E-state index in [2.05, 4.69) is 39.7 Å². The number of carbonyl (C=O) groups is 1. The molecule has 0 bridgehead atoms. The Morgan fingerprint density at radius 2 is 1.94 bits per heavy atom. The second kappa shape index (κ2) is 9.30. The van der Waals surface area contributed by atoms with E-state index in [9.17, 15) is 4.79 Å². The number of ether oxygens (including phenoxy) is 1. The zero-order valence-corrected chi connectivity index (χ0v) is 19.5. The van der Waals surface area contributed by atoms with Crippen LogP contribution in [-0.4, -0.2) is 39.8 Å². The highest BCUT2D eigenvalue weighted by molar-refractivity contribution is 7.99. The van der Waals surface area contributed by atoms with Crippen LogP contribution >= 0.6 is 11.8 Å². The SMILES string of the molecule is COCC(C)(C)c1cc(Nc2cc(C)[nH]n2)nc(Sc2ccc(NC(=O)C3CC3)cc2)n1. The van der Waals surface area contributed by atoms with Crippen molar-refractivity contribution in [2.45, 2.75) is 49.1 Å². The summed E-state index contributed by atoms with van der Waals surface area (Å²) in [6, 6.07) is 11.6. The first kappa shape index (κ1) is 22.3. The van der Waals surface area contributed by atoms with Gasteiger partial charge in [0, 0.05) is 46.9 Å². The van der Waals surface area contributed by atoms with E-state index in [1.165, 1.54) is 11.8 Å². The number of amides is 1. The normalized spacial score (nSPS) is 13.8. The third-order valence-corrected chi connectivity index (χ3v) is 6.02. The molecule has 2 aromatic heterocycles. The van der Waals surface area contributed by atoms with Crippen LogP contribution in [0, 0.1) is 12.8 Å². The van der Waals surface area contributed by atoms with Crippen molar-refractivity contribution in [1.29, 1.82) is 0 Å². The van der Waals surface area contributed by atoms with Gasteiger partial charge in [-0.15, -0.1) is 0 Å². The molecule has 0 radical (unpaired) electrons. The van der Waals surface area contributed by atoms with Crippen molar-refractivity contribution < 1.29 is 9.53 Å². The Morgan fingerprint density at radius 1 is 1.19 bits per heavy atom. The molecule has 1 fully saturated rings. The number of benzene rings is 1. The van der Waals surface area contributed by atoms with Crippen LogP contribution < -0.4 is 10.6 Å². The summed E-state index contributed by atoms with van der Waals surface area (Å²) in [5, 5.41) is 14.0. The molecule has 1 amide bonds. The summed E-state index contributed by atoms with van der Waals surface area (Å²) in [4.78, 5) is 22.4. The van der Waals surface area contributed by atoms with Crippen molar-refractivity contribution in [3.8, 4) is 0 Å². The molecule has 0 saturated heterocycles. The fourth-order valence-electron chi connectivity index (χ4n) is 3.23. The average molecular weight is 453 g/mol. The Kier molecular flexibility index (Phi) is 6.48. The maximum Gasteiger partial charge on any atom is 0.227 e. The first-order valence-electron chi connectivity index (χ1n) is 10.6. The second-order valence-corrected chi connectivity index (χ2v) is 9.73. The summed E-state index contributed by atoms with van der Waals surface area (Å²) >= 11 is 1.47. The molecule has 9 heteroatoms. The second-order valence-electron chi connectivity index (χ2n) is 8.69. The Morgan fingerprint density at radius 3 is 2.56 bits per heavy atom. The van der Waals surface area contributed by atoms with E-state index in [4.69, 9.17) is 9.72 Å². The molecule has 32 heavy (non-hydrogen) atoms. The number of anilines is 3. The molecule has 0 spiro atoms. The lowest BCUT2D eigenvalue weighted by atomic mass is 9.90. The molecule has 1 aromatic carbocycles. The summed E-state index contributed by atoms with van der Waals surface area (Å²) < 4.78 is 5.41. The summed E-state index contributed by atoms with van der Waals surface area (Å²) in [6.07, 6.45) is 1.97. The topological polar surface area (TPSA) is 105 Å². The molecule has 2 heterocycles. The molecule has 3 N–H and O–H groups in total. The Balaban J connectivity index is 1.55. The van der Waals surface area contributed by atoms with Crippen molar-refractivity contribution >= 4 is 35.0 Å². The number of aromatic nitrogens is 4. The molecule has 168 valence electrons. The van der Waals surface area contributed by atoms with Crippen LogP contribution in [-0.2, 0) is 14.9 Å². The number of hydrogen-bond acceptors (Lipinski definition) is 7. The quantitative estimate of drug-likeness (QED) is 0.405. The van der Waals surface area contributed by atoms with Crippen molar-refractivity contribution in [3.63, 3.8) is 0 Å². The van der Waals surface area contributed by atoms with Gasteiger partial charge in [0.05, 0.1) is 12.3 Å². The van der Waals surface area contributed by atoms with Gasteiger partial charge in [0.1, 0.15) is 5.82 Å². The maximum absolute atomic E-state index is 12.0. The van der Waals surface area contributed by atoms with Crippen molar-refractivity contribution in [2.24, 2.45) is 5.92 Å². The highest BCUT2D eigenvalue weighted by atomic mass is 32.2. The number of methoxy groups -OCH3 is 1. The Labute approximate surface area is 192 Å². The lowest BCUT2D eigenvalue weighted by Crippen LogP contribution is -2.25. The largest absolute Gasteiger partial charge is 0.384 e. The number of H-pyrrole nitrogens is 1. The van der Waals surface area contributed by atoms with E-state index in [1.807, 2.05) is 43.3 Å². The third-order valence-electron chi connectivity index (χ3n) is 5.15. The fraction of sp³-hybridized carbons (Fsp3) is 0.391. The van der Waals surface area contributed by atoms with Crippen LogP contribution in [0.1, 0.15) is 38.1 Å².